The molecule has 1 aliphatic carbocycles. The Morgan fingerprint density at radius 2 is 2.38 bits per heavy atom. The first-order valence-corrected chi connectivity index (χ1v) is 5.59. The Bertz CT molecular complexity index is 402. The van der Waals surface area contributed by atoms with Crippen LogP contribution in [-0.4, -0.2) is 24.4 Å². The summed E-state index contributed by atoms with van der Waals surface area (Å²) < 4.78 is 0. The molecule has 2 rings (SSSR count). The number of anilines is 1. The van der Waals surface area contributed by atoms with Crippen molar-refractivity contribution in [2.45, 2.75) is 13.3 Å². The van der Waals surface area contributed by atoms with Gasteiger partial charge in [0, 0.05) is 25.5 Å². The summed E-state index contributed by atoms with van der Waals surface area (Å²) in [7, 11) is 2.07. The molecule has 1 heterocycles. The van der Waals surface area contributed by atoms with Crippen LogP contribution in [-0.2, 0) is 0 Å². The first-order valence-electron chi connectivity index (χ1n) is 5.59. The molecule has 1 fully saturated rings. The summed E-state index contributed by atoms with van der Waals surface area (Å²) in [4.78, 5) is 6.27. The van der Waals surface area contributed by atoms with Crippen molar-refractivity contribution in [1.29, 1.82) is 5.41 Å². The maximum Gasteiger partial charge on any atom is 0.141 e. The van der Waals surface area contributed by atoms with Crippen LogP contribution in [0.25, 0.3) is 0 Å². The second kappa shape index (κ2) is 4.12. The summed E-state index contributed by atoms with van der Waals surface area (Å²) in [5, 5.41) is 7.36. The molecule has 86 valence electrons. The van der Waals surface area contributed by atoms with E-state index < -0.39 is 0 Å². The number of hydrogen-bond acceptors (Lipinski definition) is 3. The van der Waals surface area contributed by atoms with Gasteiger partial charge in [0.15, 0.2) is 0 Å². The summed E-state index contributed by atoms with van der Waals surface area (Å²) in [5.74, 6) is 1.70. The number of nitrogens with two attached hydrogens (primary N) is 1. The minimum Gasteiger partial charge on any atom is -0.382 e. The van der Waals surface area contributed by atoms with Gasteiger partial charge in [0.05, 0.1) is 0 Å². The van der Waals surface area contributed by atoms with Crippen LogP contribution >= 0.6 is 0 Å². The fraction of sp³-hybridized carbons (Fsp3) is 0.500. The van der Waals surface area contributed by atoms with Crippen molar-refractivity contribution >= 4 is 11.5 Å². The van der Waals surface area contributed by atoms with Crippen LogP contribution in [0.3, 0.4) is 0 Å². The molecule has 2 unspecified atom stereocenters. The highest BCUT2D eigenvalue weighted by Crippen LogP contribution is 2.38. The van der Waals surface area contributed by atoms with E-state index in [0.29, 0.717) is 5.69 Å². The second-order valence-electron chi connectivity index (χ2n) is 4.67. The molecular formula is C12H18N4. The number of aromatic nitrogens is 1. The molecule has 0 aromatic carbocycles. The van der Waals surface area contributed by atoms with Gasteiger partial charge in [0.1, 0.15) is 11.5 Å². The van der Waals surface area contributed by atoms with Crippen LogP contribution in [0.15, 0.2) is 18.3 Å². The summed E-state index contributed by atoms with van der Waals surface area (Å²) in [6, 6.07) is 3.83. The maximum absolute atomic E-state index is 7.36. The van der Waals surface area contributed by atoms with E-state index in [-0.39, 0.29) is 5.84 Å². The Hall–Kier alpha value is -1.58. The Kier molecular flexibility index (Phi) is 2.81. The van der Waals surface area contributed by atoms with Gasteiger partial charge in [-0.3, -0.25) is 10.4 Å². The molecule has 16 heavy (non-hydrogen) atoms. The average molecular weight is 218 g/mol. The van der Waals surface area contributed by atoms with Crippen molar-refractivity contribution < 1.29 is 0 Å². The quantitative estimate of drug-likeness (QED) is 0.594. The summed E-state index contributed by atoms with van der Waals surface area (Å²) in [6.07, 6.45) is 3.04. The van der Waals surface area contributed by atoms with Crippen molar-refractivity contribution in [1.82, 2.24) is 4.98 Å². The zero-order chi connectivity index (χ0) is 11.7. The molecule has 0 saturated heterocycles. The van der Waals surface area contributed by atoms with Gasteiger partial charge in [-0.15, -0.1) is 0 Å². The number of hydrogen-bond donors (Lipinski definition) is 2. The van der Waals surface area contributed by atoms with E-state index in [1.165, 1.54) is 6.42 Å². The monoisotopic (exact) mass is 218 g/mol. The van der Waals surface area contributed by atoms with Gasteiger partial charge in [-0.1, -0.05) is 6.92 Å². The highest BCUT2D eigenvalue weighted by molar-refractivity contribution is 5.93. The summed E-state index contributed by atoms with van der Waals surface area (Å²) in [5.41, 5.74) is 7.05. The molecule has 3 N–H and O–H groups in total. The van der Waals surface area contributed by atoms with E-state index in [1.54, 1.807) is 6.20 Å². The SMILES string of the molecule is CC1CC1CN(C)c1ccnc(C(=N)N)c1. The van der Waals surface area contributed by atoms with E-state index in [2.05, 4.69) is 23.9 Å². The predicted octanol–water partition coefficient (Wildman–Crippen LogP) is 1.46. The Labute approximate surface area is 96.0 Å². The van der Waals surface area contributed by atoms with Gasteiger partial charge in [0.25, 0.3) is 0 Å². The standard InChI is InChI=1S/C12H18N4/c1-8-5-9(8)7-16(2)10-3-4-15-11(6-10)12(13)14/h3-4,6,8-9H,5,7H2,1-2H3,(H3,13,14). The van der Waals surface area contributed by atoms with Crippen molar-refractivity contribution in [3.63, 3.8) is 0 Å². The number of rotatable bonds is 4. The van der Waals surface area contributed by atoms with Crippen LogP contribution in [0, 0.1) is 17.2 Å². The number of nitrogens with zero attached hydrogens (tertiary/aromatic N) is 2. The zero-order valence-corrected chi connectivity index (χ0v) is 9.77. The number of amidine groups is 1. The van der Waals surface area contributed by atoms with Gasteiger partial charge < -0.3 is 10.6 Å². The van der Waals surface area contributed by atoms with E-state index in [9.17, 15) is 0 Å². The third-order valence-corrected chi connectivity index (χ3v) is 3.24. The zero-order valence-electron chi connectivity index (χ0n) is 9.77. The van der Waals surface area contributed by atoms with E-state index >= 15 is 0 Å². The van der Waals surface area contributed by atoms with E-state index in [4.69, 9.17) is 11.1 Å². The summed E-state index contributed by atoms with van der Waals surface area (Å²) >= 11 is 0. The Morgan fingerprint density at radius 3 is 2.94 bits per heavy atom. The number of nitrogen functional groups attached to an aromatic ring is 1. The van der Waals surface area contributed by atoms with Gasteiger partial charge in [-0.05, 0) is 30.4 Å². The van der Waals surface area contributed by atoms with Crippen LogP contribution in [0.1, 0.15) is 19.0 Å². The molecule has 1 saturated carbocycles. The first-order chi connectivity index (χ1) is 7.58. The van der Waals surface area contributed by atoms with Crippen molar-refractivity contribution in [3.05, 3.63) is 24.0 Å². The molecule has 4 heteroatoms. The van der Waals surface area contributed by atoms with Crippen LogP contribution in [0.5, 0.6) is 0 Å². The smallest absolute Gasteiger partial charge is 0.141 e. The molecule has 1 aromatic heterocycles. The maximum atomic E-state index is 7.36. The molecule has 0 bridgehead atoms. The highest BCUT2D eigenvalue weighted by atomic mass is 15.1. The van der Waals surface area contributed by atoms with Gasteiger partial charge in [-0.2, -0.15) is 0 Å². The lowest BCUT2D eigenvalue weighted by Gasteiger charge is -2.19. The minimum atomic E-state index is 0.0232. The number of pyridine rings is 1. The first kappa shape index (κ1) is 10.9. The molecule has 0 amide bonds. The fourth-order valence-corrected chi connectivity index (χ4v) is 1.91. The lowest BCUT2D eigenvalue weighted by molar-refractivity contribution is 0.725. The topological polar surface area (TPSA) is 66.0 Å². The lowest BCUT2D eigenvalue weighted by Crippen LogP contribution is -2.21. The number of nitrogens with one attached hydrogen (secondary N) is 1. The van der Waals surface area contributed by atoms with Crippen LogP contribution in [0.4, 0.5) is 5.69 Å². The second-order valence-corrected chi connectivity index (χ2v) is 4.67. The van der Waals surface area contributed by atoms with E-state index in [0.717, 1.165) is 24.1 Å². The molecular weight excluding hydrogens is 200 g/mol. The fourth-order valence-electron chi connectivity index (χ4n) is 1.91. The van der Waals surface area contributed by atoms with Crippen LogP contribution < -0.4 is 10.6 Å². The molecule has 1 aromatic rings. The van der Waals surface area contributed by atoms with Gasteiger partial charge in [0.2, 0.25) is 0 Å². The molecule has 2 atom stereocenters. The van der Waals surface area contributed by atoms with Gasteiger partial charge >= 0.3 is 0 Å². The largest absolute Gasteiger partial charge is 0.382 e. The predicted molar refractivity (Wildman–Crippen MR) is 65.8 cm³/mol. The van der Waals surface area contributed by atoms with Crippen LogP contribution in [0.2, 0.25) is 0 Å². The third-order valence-electron chi connectivity index (χ3n) is 3.24. The minimum absolute atomic E-state index is 0.0232. The van der Waals surface area contributed by atoms with Crippen molar-refractivity contribution in [3.8, 4) is 0 Å². The Morgan fingerprint density at radius 1 is 1.69 bits per heavy atom. The molecule has 1 aliphatic rings. The van der Waals surface area contributed by atoms with Crippen molar-refractivity contribution in [2.75, 3.05) is 18.5 Å². The van der Waals surface area contributed by atoms with Crippen molar-refractivity contribution in [2.24, 2.45) is 17.6 Å². The normalized spacial score (nSPS) is 22.9. The summed E-state index contributed by atoms with van der Waals surface area (Å²) in [6.45, 7) is 3.36. The molecule has 0 radical (unpaired) electrons. The molecule has 4 nitrogen and oxygen atoms in total. The van der Waals surface area contributed by atoms with E-state index in [1.807, 2.05) is 12.1 Å². The lowest BCUT2D eigenvalue weighted by atomic mass is 10.2. The molecule has 0 aliphatic heterocycles. The Balaban J connectivity index is 2.07. The average Bonchev–Trinajstić information content (AvgIpc) is 2.94. The molecule has 0 spiro atoms. The highest BCUT2D eigenvalue weighted by Gasteiger charge is 2.33. The third kappa shape index (κ3) is 2.32. The van der Waals surface area contributed by atoms with Gasteiger partial charge in [-0.25, -0.2) is 0 Å².